The molecule has 0 bridgehead atoms. The zero-order valence-corrected chi connectivity index (χ0v) is 8.39. The van der Waals surface area contributed by atoms with Gasteiger partial charge in [0.1, 0.15) is 6.67 Å². The summed E-state index contributed by atoms with van der Waals surface area (Å²) < 4.78 is 13.8. The van der Waals surface area contributed by atoms with Gasteiger partial charge in [-0.3, -0.25) is 0 Å². The van der Waals surface area contributed by atoms with Crippen LogP contribution in [0.15, 0.2) is 12.3 Å². The molecule has 0 atom stereocenters. The lowest BCUT2D eigenvalue weighted by Crippen LogP contribution is -1.98. The van der Waals surface area contributed by atoms with Gasteiger partial charge in [0.25, 0.3) is 0 Å². The van der Waals surface area contributed by atoms with E-state index in [1.165, 1.54) is 5.56 Å². The van der Waals surface area contributed by atoms with E-state index in [-0.39, 0.29) is 6.67 Å². The first-order valence-electron chi connectivity index (χ1n) is 4.43. The fourth-order valence-electron chi connectivity index (χ4n) is 1.13. The molecule has 1 rings (SSSR count). The first kappa shape index (κ1) is 11.2. The van der Waals surface area contributed by atoms with Gasteiger partial charge in [-0.05, 0) is 25.5 Å². The molecule has 0 saturated carbocycles. The first-order chi connectivity index (χ1) is 5.74. The normalized spacial score (nSPS) is 9.08. The van der Waals surface area contributed by atoms with E-state index in [0.717, 1.165) is 5.69 Å². The highest BCUT2D eigenvalue weighted by Gasteiger charge is 1.96. The summed E-state index contributed by atoms with van der Waals surface area (Å²) in [7, 11) is 0. The molecule has 0 aliphatic rings. The van der Waals surface area contributed by atoms with E-state index in [4.69, 9.17) is 0 Å². The molecule has 0 unspecified atom stereocenters. The van der Waals surface area contributed by atoms with Gasteiger partial charge in [-0.1, -0.05) is 13.8 Å². The van der Waals surface area contributed by atoms with Crippen molar-refractivity contribution >= 4 is 0 Å². The van der Waals surface area contributed by atoms with E-state index in [0.29, 0.717) is 6.54 Å². The molecule has 0 aromatic carbocycles. The Labute approximate surface area is 74.2 Å². The van der Waals surface area contributed by atoms with Crippen LogP contribution < -0.4 is 0 Å². The van der Waals surface area contributed by atoms with Crippen molar-refractivity contribution in [3.63, 3.8) is 0 Å². The third-order valence-corrected chi connectivity index (χ3v) is 1.57. The van der Waals surface area contributed by atoms with E-state index in [1.54, 1.807) is 0 Å². The molecule has 1 nitrogen and oxygen atoms in total. The molecule has 0 amide bonds. The second kappa shape index (κ2) is 5.81. The summed E-state index contributed by atoms with van der Waals surface area (Å²) in [4.78, 5) is 0. The van der Waals surface area contributed by atoms with Gasteiger partial charge in [-0.25, -0.2) is 4.39 Å². The third kappa shape index (κ3) is 3.07. The van der Waals surface area contributed by atoms with Gasteiger partial charge in [-0.2, -0.15) is 0 Å². The largest absolute Gasteiger partial charge is 0.349 e. The Balaban J connectivity index is 0.000000561. The molecule has 2 heteroatoms. The van der Waals surface area contributed by atoms with Gasteiger partial charge in [0.15, 0.2) is 0 Å². The van der Waals surface area contributed by atoms with Crippen LogP contribution in [0.3, 0.4) is 0 Å². The molecule has 1 aromatic heterocycles. The van der Waals surface area contributed by atoms with Crippen molar-refractivity contribution in [3.05, 3.63) is 23.5 Å². The monoisotopic (exact) mass is 171 g/mol. The van der Waals surface area contributed by atoms with Crippen molar-refractivity contribution in [2.75, 3.05) is 6.67 Å². The molecule has 0 aliphatic carbocycles. The molecule has 0 aliphatic heterocycles. The number of alkyl halides is 1. The summed E-state index contributed by atoms with van der Waals surface area (Å²) in [5.74, 6) is 0. The SMILES string of the molecule is CC.Cc1cc(C)n(CCF)c1. The van der Waals surface area contributed by atoms with Crippen LogP contribution in [0.2, 0.25) is 0 Å². The maximum Gasteiger partial charge on any atom is 0.107 e. The minimum Gasteiger partial charge on any atom is -0.349 e. The Morgan fingerprint density at radius 1 is 1.33 bits per heavy atom. The highest BCUT2D eigenvalue weighted by molar-refractivity contribution is 5.15. The second-order valence-corrected chi connectivity index (χ2v) is 2.54. The lowest BCUT2D eigenvalue weighted by atomic mass is 10.4. The maximum atomic E-state index is 11.8. The number of nitrogens with zero attached hydrogens (tertiary/aromatic N) is 1. The zero-order chi connectivity index (χ0) is 9.56. The Hall–Kier alpha value is -0.790. The standard InChI is InChI=1S/C8H12FN.C2H6/c1-7-5-8(2)10(6-7)4-3-9;1-2/h5-6H,3-4H2,1-2H3;1-2H3. The van der Waals surface area contributed by atoms with Crippen LogP contribution in [0.4, 0.5) is 4.39 Å². The number of hydrogen-bond acceptors (Lipinski definition) is 0. The van der Waals surface area contributed by atoms with E-state index < -0.39 is 0 Å². The van der Waals surface area contributed by atoms with Crippen LogP contribution in [0.5, 0.6) is 0 Å². The lowest BCUT2D eigenvalue weighted by Gasteiger charge is -1.99. The summed E-state index contributed by atoms with van der Waals surface area (Å²) in [6, 6.07) is 2.05. The Bertz CT molecular complexity index is 216. The molecule has 12 heavy (non-hydrogen) atoms. The fourth-order valence-corrected chi connectivity index (χ4v) is 1.13. The minimum absolute atomic E-state index is 0.283. The molecule has 1 aromatic rings. The van der Waals surface area contributed by atoms with Gasteiger partial charge in [-0.15, -0.1) is 0 Å². The molecule has 70 valence electrons. The van der Waals surface area contributed by atoms with Crippen molar-refractivity contribution in [1.82, 2.24) is 4.57 Å². The average molecular weight is 171 g/mol. The number of hydrogen-bond donors (Lipinski definition) is 0. The van der Waals surface area contributed by atoms with Crippen molar-refractivity contribution in [3.8, 4) is 0 Å². The Morgan fingerprint density at radius 3 is 2.25 bits per heavy atom. The van der Waals surface area contributed by atoms with E-state index >= 15 is 0 Å². The van der Waals surface area contributed by atoms with Gasteiger partial charge < -0.3 is 4.57 Å². The minimum atomic E-state index is -0.283. The van der Waals surface area contributed by atoms with Gasteiger partial charge >= 0.3 is 0 Å². The smallest absolute Gasteiger partial charge is 0.107 e. The molecule has 0 fully saturated rings. The summed E-state index contributed by atoms with van der Waals surface area (Å²) in [5.41, 5.74) is 2.33. The van der Waals surface area contributed by atoms with Crippen molar-refractivity contribution in [1.29, 1.82) is 0 Å². The van der Waals surface area contributed by atoms with Crippen LogP contribution in [0.1, 0.15) is 25.1 Å². The van der Waals surface area contributed by atoms with Crippen LogP contribution in [0, 0.1) is 13.8 Å². The molecule has 0 saturated heterocycles. The van der Waals surface area contributed by atoms with Crippen LogP contribution in [-0.4, -0.2) is 11.2 Å². The third-order valence-electron chi connectivity index (χ3n) is 1.57. The highest BCUT2D eigenvalue weighted by atomic mass is 19.1. The molecule has 0 radical (unpaired) electrons. The first-order valence-corrected chi connectivity index (χ1v) is 4.43. The number of halogens is 1. The lowest BCUT2D eigenvalue weighted by molar-refractivity contribution is 0.443. The summed E-state index contributed by atoms with van der Waals surface area (Å²) in [5, 5.41) is 0. The van der Waals surface area contributed by atoms with Gasteiger partial charge in [0.05, 0.1) is 6.54 Å². The highest BCUT2D eigenvalue weighted by Crippen LogP contribution is 2.05. The van der Waals surface area contributed by atoms with Crippen molar-refractivity contribution < 1.29 is 4.39 Å². The average Bonchev–Trinajstić information content (AvgIpc) is 2.35. The topological polar surface area (TPSA) is 4.93 Å². The van der Waals surface area contributed by atoms with Crippen molar-refractivity contribution in [2.45, 2.75) is 34.2 Å². The number of rotatable bonds is 2. The molecular formula is C10H18FN. The maximum absolute atomic E-state index is 11.8. The molecular weight excluding hydrogens is 153 g/mol. The number of aromatic nitrogens is 1. The van der Waals surface area contributed by atoms with E-state index in [1.807, 2.05) is 38.5 Å². The zero-order valence-electron chi connectivity index (χ0n) is 8.39. The Kier molecular flexibility index (Phi) is 5.43. The molecule has 0 N–H and O–H groups in total. The van der Waals surface area contributed by atoms with Crippen LogP contribution in [-0.2, 0) is 6.54 Å². The van der Waals surface area contributed by atoms with E-state index in [2.05, 4.69) is 6.07 Å². The summed E-state index contributed by atoms with van der Waals surface area (Å²) in [6.07, 6.45) is 1.97. The van der Waals surface area contributed by atoms with Crippen molar-refractivity contribution in [2.24, 2.45) is 0 Å². The molecule has 0 spiro atoms. The summed E-state index contributed by atoms with van der Waals surface area (Å²) in [6.45, 7) is 8.21. The van der Waals surface area contributed by atoms with E-state index in [9.17, 15) is 4.39 Å². The van der Waals surface area contributed by atoms with Crippen LogP contribution in [0.25, 0.3) is 0 Å². The fraction of sp³-hybridized carbons (Fsp3) is 0.600. The second-order valence-electron chi connectivity index (χ2n) is 2.54. The Morgan fingerprint density at radius 2 is 1.92 bits per heavy atom. The quantitative estimate of drug-likeness (QED) is 0.644. The van der Waals surface area contributed by atoms with Gasteiger partial charge in [0.2, 0.25) is 0 Å². The molecule has 1 heterocycles. The van der Waals surface area contributed by atoms with Gasteiger partial charge in [0, 0.05) is 11.9 Å². The summed E-state index contributed by atoms with van der Waals surface area (Å²) >= 11 is 0. The predicted octanol–water partition coefficient (Wildman–Crippen LogP) is 3.10. The number of aryl methyl sites for hydroxylation is 3. The van der Waals surface area contributed by atoms with Crippen LogP contribution >= 0.6 is 0 Å². The predicted molar refractivity (Wildman–Crippen MR) is 51.2 cm³/mol.